The molecule has 2 aliphatic carbocycles. The van der Waals surface area contributed by atoms with Crippen molar-refractivity contribution >= 4 is 18.0 Å². The summed E-state index contributed by atoms with van der Waals surface area (Å²) in [6, 6.07) is 1.91. The number of aliphatic carboxylic acids is 1. The summed E-state index contributed by atoms with van der Waals surface area (Å²) in [6.45, 7) is 8.80. The van der Waals surface area contributed by atoms with Crippen LogP contribution in [0.1, 0.15) is 63.7 Å². The maximum absolute atomic E-state index is 12.7. The van der Waals surface area contributed by atoms with Crippen LogP contribution < -0.4 is 0 Å². The van der Waals surface area contributed by atoms with Crippen LogP contribution in [0.4, 0.5) is 0 Å². The largest absolute Gasteiger partial charge is 0.478 e. The van der Waals surface area contributed by atoms with Gasteiger partial charge < -0.3 is 14.3 Å². The number of carboxylic acids is 1. The fourth-order valence-electron chi connectivity index (χ4n) is 6.11. The van der Waals surface area contributed by atoms with Crippen LogP contribution in [-0.2, 0) is 20.7 Å². The number of allylic oxidation sites excluding steroid dienone is 1. The van der Waals surface area contributed by atoms with Gasteiger partial charge in [-0.05, 0) is 80.4 Å². The van der Waals surface area contributed by atoms with Crippen LogP contribution >= 0.6 is 0 Å². The van der Waals surface area contributed by atoms with Crippen LogP contribution in [0.5, 0.6) is 0 Å². The van der Waals surface area contributed by atoms with Crippen LogP contribution in [-0.4, -0.2) is 24.2 Å². The van der Waals surface area contributed by atoms with E-state index in [4.69, 9.17) is 14.3 Å². The molecule has 0 radical (unpaired) electrons. The van der Waals surface area contributed by atoms with Crippen molar-refractivity contribution in [2.24, 2.45) is 22.7 Å². The van der Waals surface area contributed by atoms with Gasteiger partial charge in [0.05, 0.1) is 18.8 Å². The Labute approximate surface area is 172 Å². The van der Waals surface area contributed by atoms with E-state index in [0.29, 0.717) is 11.7 Å². The SMILES string of the molecule is C=C1CC[C@@H]2[C@](C)(CCC[C@]2(C)C(=O)OC)[C@H]1CCc1ccoc1/C=C/C(=O)O. The molecular weight excluding hydrogens is 368 g/mol. The quantitative estimate of drug-likeness (QED) is 0.400. The van der Waals surface area contributed by atoms with Gasteiger partial charge in [0.1, 0.15) is 5.76 Å². The van der Waals surface area contributed by atoms with E-state index in [2.05, 4.69) is 20.4 Å². The molecule has 2 saturated carbocycles. The Balaban J connectivity index is 1.82. The number of hydrogen-bond acceptors (Lipinski definition) is 4. The summed E-state index contributed by atoms with van der Waals surface area (Å²) in [5.74, 6) is 0.112. The van der Waals surface area contributed by atoms with Gasteiger partial charge in [-0.3, -0.25) is 4.79 Å². The molecule has 3 rings (SSSR count). The predicted octanol–water partition coefficient (Wildman–Crippen LogP) is 5.26. The number of esters is 1. The van der Waals surface area contributed by atoms with Crippen molar-refractivity contribution in [1.29, 1.82) is 0 Å². The fraction of sp³-hybridized carbons (Fsp3) is 0.583. The maximum Gasteiger partial charge on any atom is 0.328 e. The highest BCUT2D eigenvalue weighted by molar-refractivity contribution is 5.85. The second kappa shape index (κ2) is 8.21. The zero-order valence-electron chi connectivity index (χ0n) is 17.7. The number of rotatable bonds is 6. The Bertz CT molecular complexity index is 819. The third-order valence-electron chi connectivity index (χ3n) is 7.53. The monoisotopic (exact) mass is 400 g/mol. The minimum Gasteiger partial charge on any atom is -0.478 e. The molecular formula is C24H32O5. The van der Waals surface area contributed by atoms with Crippen LogP contribution in [0.15, 0.2) is 35.0 Å². The molecule has 4 atom stereocenters. The second-order valence-electron chi connectivity index (χ2n) is 9.09. The highest BCUT2D eigenvalue weighted by atomic mass is 16.5. The Morgan fingerprint density at radius 2 is 2.14 bits per heavy atom. The lowest BCUT2D eigenvalue weighted by atomic mass is 9.46. The first-order valence-electron chi connectivity index (χ1n) is 10.5. The van der Waals surface area contributed by atoms with Gasteiger partial charge in [0.15, 0.2) is 0 Å². The molecule has 5 heteroatoms. The summed E-state index contributed by atoms with van der Waals surface area (Å²) in [7, 11) is 1.49. The Morgan fingerprint density at radius 1 is 1.38 bits per heavy atom. The topological polar surface area (TPSA) is 76.7 Å². The molecule has 29 heavy (non-hydrogen) atoms. The number of ether oxygens (including phenoxy) is 1. The molecule has 0 aromatic carbocycles. The van der Waals surface area contributed by atoms with E-state index in [1.807, 2.05) is 6.07 Å². The summed E-state index contributed by atoms with van der Waals surface area (Å²) in [5, 5.41) is 8.87. The average Bonchev–Trinajstić information content (AvgIpc) is 3.12. The first kappa shape index (κ1) is 21.4. The molecule has 2 aliphatic rings. The second-order valence-corrected chi connectivity index (χ2v) is 9.09. The number of carbonyl (C=O) groups is 2. The van der Waals surface area contributed by atoms with Gasteiger partial charge in [-0.25, -0.2) is 4.79 Å². The minimum absolute atomic E-state index is 0.0112. The van der Waals surface area contributed by atoms with Gasteiger partial charge in [-0.1, -0.05) is 25.5 Å². The molecule has 1 aromatic rings. The molecule has 0 unspecified atom stereocenters. The molecule has 1 N–H and O–H groups in total. The van der Waals surface area contributed by atoms with E-state index in [0.717, 1.165) is 56.6 Å². The van der Waals surface area contributed by atoms with Crippen LogP contribution in [0, 0.1) is 22.7 Å². The lowest BCUT2D eigenvalue weighted by Gasteiger charge is -2.57. The third kappa shape index (κ3) is 3.92. The van der Waals surface area contributed by atoms with Crippen LogP contribution in [0.3, 0.4) is 0 Å². The number of carboxylic acid groups (broad SMARTS) is 1. The van der Waals surface area contributed by atoms with E-state index in [-0.39, 0.29) is 17.3 Å². The van der Waals surface area contributed by atoms with E-state index in [1.54, 1.807) is 6.26 Å². The summed E-state index contributed by atoms with van der Waals surface area (Å²) < 4.78 is 10.7. The average molecular weight is 401 g/mol. The lowest BCUT2D eigenvalue weighted by molar-refractivity contribution is -0.168. The summed E-state index contributed by atoms with van der Waals surface area (Å²) in [6.07, 6.45) is 10.8. The Hall–Kier alpha value is -2.30. The summed E-state index contributed by atoms with van der Waals surface area (Å²) >= 11 is 0. The Kier molecular flexibility index (Phi) is 6.06. The fourth-order valence-corrected chi connectivity index (χ4v) is 6.11. The summed E-state index contributed by atoms with van der Waals surface area (Å²) in [5.41, 5.74) is 1.85. The van der Waals surface area contributed by atoms with E-state index in [9.17, 15) is 9.59 Å². The van der Waals surface area contributed by atoms with Crippen molar-refractivity contribution in [2.45, 2.75) is 58.8 Å². The van der Waals surface area contributed by atoms with Crippen molar-refractivity contribution in [2.75, 3.05) is 7.11 Å². The zero-order chi connectivity index (χ0) is 21.2. The van der Waals surface area contributed by atoms with Crippen molar-refractivity contribution in [3.8, 4) is 0 Å². The molecule has 0 aliphatic heterocycles. The van der Waals surface area contributed by atoms with E-state index in [1.165, 1.54) is 18.8 Å². The molecule has 1 heterocycles. The number of furan rings is 1. The normalized spacial score (nSPS) is 32.2. The number of methoxy groups -OCH3 is 1. The molecule has 1 aromatic heterocycles. The molecule has 0 bridgehead atoms. The van der Waals surface area contributed by atoms with Gasteiger partial charge in [-0.2, -0.15) is 0 Å². The number of hydrogen-bond donors (Lipinski definition) is 1. The van der Waals surface area contributed by atoms with Gasteiger partial charge in [0.2, 0.25) is 0 Å². The van der Waals surface area contributed by atoms with Crippen LogP contribution in [0.2, 0.25) is 0 Å². The third-order valence-corrected chi connectivity index (χ3v) is 7.53. The number of aryl methyl sites for hydroxylation is 1. The molecule has 2 fully saturated rings. The van der Waals surface area contributed by atoms with E-state index < -0.39 is 11.4 Å². The number of fused-ring (bicyclic) bond motifs is 1. The lowest BCUT2D eigenvalue weighted by Crippen LogP contribution is -2.53. The Morgan fingerprint density at radius 3 is 2.83 bits per heavy atom. The smallest absolute Gasteiger partial charge is 0.328 e. The van der Waals surface area contributed by atoms with Crippen molar-refractivity contribution in [1.82, 2.24) is 0 Å². The van der Waals surface area contributed by atoms with Gasteiger partial charge in [-0.15, -0.1) is 0 Å². The predicted molar refractivity (Wildman–Crippen MR) is 111 cm³/mol. The van der Waals surface area contributed by atoms with Crippen LogP contribution in [0.25, 0.3) is 6.08 Å². The maximum atomic E-state index is 12.7. The van der Waals surface area contributed by atoms with Crippen molar-refractivity contribution < 1.29 is 23.8 Å². The molecule has 0 spiro atoms. The summed E-state index contributed by atoms with van der Waals surface area (Å²) in [4.78, 5) is 23.5. The highest BCUT2D eigenvalue weighted by Crippen LogP contribution is 2.62. The minimum atomic E-state index is -0.993. The first-order valence-corrected chi connectivity index (χ1v) is 10.5. The number of carbonyl (C=O) groups excluding carboxylic acids is 1. The van der Waals surface area contributed by atoms with Gasteiger partial charge in [0.25, 0.3) is 0 Å². The standard InChI is InChI=1S/C24H32O5/c1-16-6-10-20-23(2,13-5-14-24(20,3)22(27)28-4)18(16)8-7-17-12-15-29-19(17)9-11-21(25)26/h9,11-12,15,18,20H,1,5-8,10,13-14H2,2-4H3,(H,25,26)/b11-9+/t18-,20+,23+,24-/m0/s1. The first-order chi connectivity index (χ1) is 13.7. The highest BCUT2D eigenvalue weighted by Gasteiger charge is 2.57. The molecule has 0 saturated heterocycles. The van der Waals surface area contributed by atoms with Crippen molar-refractivity contribution in [3.05, 3.63) is 41.9 Å². The van der Waals surface area contributed by atoms with E-state index >= 15 is 0 Å². The molecule has 158 valence electrons. The van der Waals surface area contributed by atoms with Crippen molar-refractivity contribution in [3.63, 3.8) is 0 Å². The zero-order valence-corrected chi connectivity index (χ0v) is 17.7. The molecule has 0 amide bonds. The van der Waals surface area contributed by atoms with Gasteiger partial charge in [0, 0.05) is 6.08 Å². The molecule has 5 nitrogen and oxygen atoms in total. The van der Waals surface area contributed by atoms with Gasteiger partial charge >= 0.3 is 11.9 Å².